The third-order valence-corrected chi connectivity index (χ3v) is 18.8. The minimum Gasteiger partial charge on any atom is -0.360 e. The molecule has 0 N–H and O–H groups in total. The van der Waals surface area contributed by atoms with Crippen LogP contribution in [-0.4, -0.2) is 117 Å². The van der Waals surface area contributed by atoms with Gasteiger partial charge in [0.25, 0.3) is 0 Å². The van der Waals surface area contributed by atoms with Gasteiger partial charge < -0.3 is 18.9 Å². The molecule has 0 aromatic heterocycles. The Morgan fingerprint density at radius 1 is 0.688 bits per heavy atom. The average Bonchev–Trinajstić information content (AvgIpc) is 2.78. The quantitative estimate of drug-likeness (QED) is 0.0651. The van der Waals surface area contributed by atoms with E-state index >= 15 is 0 Å². The van der Waals surface area contributed by atoms with E-state index in [2.05, 4.69) is 38.0 Å². The van der Waals surface area contributed by atoms with Crippen molar-refractivity contribution in [1.82, 2.24) is 9.80 Å². The van der Waals surface area contributed by atoms with Crippen LogP contribution < -0.4 is 0 Å². The van der Waals surface area contributed by atoms with Crippen molar-refractivity contribution < 1.29 is 18.9 Å². The fraction of sp³-hybridized carbons (Fsp3) is 0.889. The van der Waals surface area contributed by atoms with Crippen molar-refractivity contribution in [3.8, 4) is 0 Å². The summed E-state index contributed by atoms with van der Waals surface area (Å²) in [5.74, 6) is 2.54. The Hall–Kier alpha value is 2.03. The second-order valence-electron chi connectivity index (χ2n) is 7.21. The van der Waals surface area contributed by atoms with Crippen LogP contribution in [0.3, 0.4) is 0 Å². The molecule has 0 aliphatic rings. The lowest BCUT2D eigenvalue weighted by Gasteiger charge is -2.16. The Kier molecular flexibility index (Phi) is 24.9. The molecule has 0 aliphatic carbocycles. The van der Waals surface area contributed by atoms with Gasteiger partial charge in [-0.2, -0.15) is 22.7 Å². The zero-order valence-corrected chi connectivity index (χ0v) is 28.7. The van der Waals surface area contributed by atoms with E-state index in [0.29, 0.717) is 0 Å². The third kappa shape index (κ3) is 18.3. The van der Waals surface area contributed by atoms with Gasteiger partial charge in [-0.3, -0.25) is 9.80 Å². The molecule has 32 heavy (non-hydrogen) atoms. The van der Waals surface area contributed by atoms with Crippen LogP contribution >= 0.6 is 63.9 Å². The highest BCUT2D eigenvalue weighted by atomic mass is 33.7. The molecule has 0 heterocycles. The van der Waals surface area contributed by atoms with Gasteiger partial charge in [0.1, 0.15) is 11.8 Å². The van der Waals surface area contributed by atoms with Crippen molar-refractivity contribution in [1.29, 1.82) is 0 Å². The van der Waals surface area contributed by atoms with Gasteiger partial charge in [0.15, 0.2) is 0 Å². The molecule has 14 heteroatoms. The van der Waals surface area contributed by atoms with Gasteiger partial charge in [-0.25, -0.2) is 0 Å². The highest BCUT2D eigenvalue weighted by molar-refractivity contribution is 9.29. The molecule has 0 aromatic carbocycles. The maximum atomic E-state index is 5.32. The predicted octanol–water partition coefficient (Wildman–Crippen LogP) is 3.00. The van der Waals surface area contributed by atoms with Crippen molar-refractivity contribution in [3.05, 3.63) is 0 Å². The molecule has 0 rings (SSSR count). The molecule has 194 valence electrons. The monoisotopic (exact) mass is 600 g/mol. The summed E-state index contributed by atoms with van der Waals surface area (Å²) >= 11 is 2.83. The summed E-state index contributed by atoms with van der Waals surface area (Å²) in [6, 6.07) is 2.53. The van der Waals surface area contributed by atoms with Crippen LogP contribution in [0.4, 0.5) is 0 Å². The van der Waals surface area contributed by atoms with Gasteiger partial charge >= 0.3 is 0 Å². The molecule has 0 amide bonds. The first-order valence-corrected chi connectivity index (χ1v) is 21.2. The standard InChI is InChI=1S/C18H44N2O4S6Si2/c1-19(2)15(25-11-9-13-31-17(21-5)22-6)27-29-30-28-16(20(3)4)26-12-10-14-32-18(23-7)24-8/h17-18,25-26H,9-14,31-32H2,1-8H3. The first-order chi connectivity index (χ1) is 15.4. The van der Waals surface area contributed by atoms with E-state index in [1.54, 1.807) is 28.4 Å². The van der Waals surface area contributed by atoms with E-state index in [0.717, 1.165) is 0 Å². The number of methoxy groups -OCH3 is 4. The molecule has 0 saturated heterocycles. The zero-order chi connectivity index (χ0) is 24.2. The molecule has 0 unspecified atom stereocenters. The van der Waals surface area contributed by atoms with Crippen molar-refractivity contribution in [3.63, 3.8) is 0 Å². The van der Waals surface area contributed by atoms with E-state index < -0.39 is 0 Å². The Morgan fingerprint density at radius 2 is 1.03 bits per heavy atom. The first-order valence-electron chi connectivity index (χ1n) is 10.6. The fourth-order valence-electron chi connectivity index (χ4n) is 2.43. The van der Waals surface area contributed by atoms with E-state index in [9.17, 15) is 0 Å². The summed E-state index contributed by atoms with van der Waals surface area (Å²) in [7, 11) is 22.4. The molecule has 0 aliphatic heterocycles. The molecule has 0 radical (unpaired) electrons. The SMILES string of the molecule is COC(OC)[SiH2]CCC[SH]=C(SSSSC(=[SH]CCC[SiH2]C(OC)OC)N(C)C)N(C)C. The Labute approximate surface area is 223 Å². The molecule has 0 spiro atoms. The summed E-state index contributed by atoms with van der Waals surface area (Å²) in [6.07, 6.45) is 2.49. The van der Waals surface area contributed by atoms with E-state index in [-0.39, 0.29) is 30.9 Å². The van der Waals surface area contributed by atoms with Gasteiger partial charge in [-0.15, -0.1) is 0 Å². The molecule has 0 aromatic rings. The van der Waals surface area contributed by atoms with E-state index in [4.69, 9.17) is 18.9 Å². The lowest BCUT2D eigenvalue weighted by molar-refractivity contribution is -0.0442. The number of hydrogen-bond acceptors (Lipinski definition) is 8. The second kappa shape index (κ2) is 23.4. The fourth-order valence-corrected chi connectivity index (χ4v) is 16.2. The number of hydrogen-bond donors (Lipinski definition) is 2. The lowest BCUT2D eigenvalue weighted by atomic mass is 10.6. The van der Waals surface area contributed by atoms with Crippen LogP contribution in [0.25, 0.3) is 0 Å². The minimum atomic E-state index is -0.303. The van der Waals surface area contributed by atoms with Crippen LogP contribution in [0, 0.1) is 0 Å². The minimum absolute atomic E-state index is 0.0680. The number of nitrogens with zero attached hydrogens (tertiary/aromatic N) is 2. The molecule has 6 nitrogen and oxygen atoms in total. The highest BCUT2D eigenvalue weighted by Gasteiger charge is 2.08. The smallest absolute Gasteiger partial charge is 0.134 e. The molecular weight excluding hydrogens is 557 g/mol. The van der Waals surface area contributed by atoms with Gasteiger partial charge in [0, 0.05) is 28.4 Å². The summed E-state index contributed by atoms with van der Waals surface area (Å²) in [4.78, 5) is 4.50. The van der Waals surface area contributed by atoms with Gasteiger partial charge in [0.05, 0.1) is 27.7 Å². The predicted molar refractivity (Wildman–Crippen MR) is 167 cm³/mol. The van der Waals surface area contributed by atoms with Gasteiger partial charge in [0.2, 0.25) is 0 Å². The number of rotatable bonds is 17. The molecule has 0 fully saturated rings. The average molecular weight is 601 g/mol. The molecular formula is C18H44N2O4S6Si2. The Balaban J connectivity index is 4.27. The topological polar surface area (TPSA) is 43.4 Å². The van der Waals surface area contributed by atoms with E-state index in [1.807, 2.05) is 41.2 Å². The van der Waals surface area contributed by atoms with Crippen molar-refractivity contribution in [2.24, 2.45) is 0 Å². The number of thiol groups is 2. The maximum absolute atomic E-state index is 5.32. The maximum Gasteiger partial charge on any atom is 0.134 e. The molecule has 0 bridgehead atoms. The van der Waals surface area contributed by atoms with Crippen LogP contribution in [0.15, 0.2) is 0 Å². The van der Waals surface area contributed by atoms with Crippen molar-refractivity contribution in [2.75, 3.05) is 68.1 Å². The number of ether oxygens (including phenoxy) is 4. The third-order valence-electron chi connectivity index (χ3n) is 4.25. The largest absolute Gasteiger partial charge is 0.360 e. The second-order valence-corrected chi connectivity index (χ2v) is 19.7. The summed E-state index contributed by atoms with van der Waals surface area (Å²) in [5.41, 5.74) is 0. The zero-order valence-electron chi connectivity index (χ0n) is 20.9. The molecule has 0 saturated carbocycles. The van der Waals surface area contributed by atoms with Crippen LogP contribution in [0.5, 0.6) is 0 Å². The Morgan fingerprint density at radius 3 is 1.31 bits per heavy atom. The van der Waals surface area contributed by atoms with Crippen molar-refractivity contribution in [2.45, 2.75) is 36.8 Å². The Bertz CT molecular complexity index is 470. The van der Waals surface area contributed by atoms with Crippen LogP contribution in [0.1, 0.15) is 12.8 Å². The summed E-state index contributed by atoms with van der Waals surface area (Å²) in [6.45, 7) is 0. The van der Waals surface area contributed by atoms with E-state index in [1.165, 1.54) is 67.8 Å². The van der Waals surface area contributed by atoms with Gasteiger partial charge in [-0.1, -0.05) is 12.1 Å². The first kappa shape index (κ1) is 34.0. The normalized spacial score (nSPS) is 14.6. The lowest BCUT2D eigenvalue weighted by Crippen LogP contribution is -2.21. The van der Waals surface area contributed by atoms with Crippen LogP contribution in [0.2, 0.25) is 12.1 Å². The summed E-state index contributed by atoms with van der Waals surface area (Å²) < 4.78 is 24.1. The summed E-state index contributed by atoms with van der Waals surface area (Å²) in [5, 5.41) is 0. The molecule has 0 atom stereocenters. The van der Waals surface area contributed by atoms with Crippen LogP contribution in [-0.2, 0) is 18.9 Å². The van der Waals surface area contributed by atoms with Gasteiger partial charge in [-0.05, 0) is 93.8 Å². The van der Waals surface area contributed by atoms with Crippen molar-refractivity contribution >= 4 is 91.6 Å². The highest BCUT2D eigenvalue weighted by Crippen LogP contribution is 2.45.